The molecule has 0 bridgehead atoms. The monoisotopic (exact) mass is 367 g/mol. The van der Waals surface area contributed by atoms with Gasteiger partial charge in [-0.05, 0) is 17.5 Å². The number of ether oxygens (including phenoxy) is 1. The van der Waals surface area contributed by atoms with E-state index in [2.05, 4.69) is 0 Å². The highest BCUT2D eigenvalue weighted by Gasteiger charge is 2.46. The zero-order valence-corrected chi connectivity index (χ0v) is 14.2. The van der Waals surface area contributed by atoms with Crippen LogP contribution in [-0.4, -0.2) is 41.5 Å². The molecule has 0 aliphatic heterocycles. The normalized spacial score (nSPS) is 13.7. The molecule has 140 valence electrons. The highest BCUT2D eigenvalue weighted by Crippen LogP contribution is 2.27. The number of aliphatic hydroxyl groups is 1. The number of amides is 1. The number of nitrogens with zero attached hydrogens (tertiary/aromatic N) is 1. The summed E-state index contributed by atoms with van der Waals surface area (Å²) in [5, 5.41) is 9.74. The molecular formula is C19H20F3NO3. The third-order valence-electron chi connectivity index (χ3n) is 3.98. The van der Waals surface area contributed by atoms with E-state index < -0.39 is 24.4 Å². The van der Waals surface area contributed by atoms with E-state index in [4.69, 9.17) is 4.74 Å². The highest BCUT2D eigenvalue weighted by molar-refractivity contribution is 5.67. The van der Waals surface area contributed by atoms with Crippen LogP contribution in [0.4, 0.5) is 18.0 Å². The van der Waals surface area contributed by atoms with Crippen LogP contribution in [0.15, 0.2) is 60.7 Å². The number of rotatable bonds is 6. The maximum atomic E-state index is 13.0. The molecule has 0 saturated carbocycles. The van der Waals surface area contributed by atoms with Gasteiger partial charge in [0.15, 0.2) is 6.10 Å². The maximum absolute atomic E-state index is 13.0. The van der Waals surface area contributed by atoms with Crippen LogP contribution in [0, 0.1) is 0 Å². The van der Waals surface area contributed by atoms with Crippen LogP contribution >= 0.6 is 0 Å². The lowest BCUT2D eigenvalue weighted by molar-refractivity contribution is -0.218. The molecule has 0 aliphatic rings. The van der Waals surface area contributed by atoms with Gasteiger partial charge in [-0.1, -0.05) is 60.7 Å². The fraction of sp³-hybridized carbons (Fsp3) is 0.316. The molecule has 2 atom stereocenters. The highest BCUT2D eigenvalue weighted by atomic mass is 19.4. The average Bonchev–Trinajstić information content (AvgIpc) is 2.64. The molecule has 4 nitrogen and oxygen atoms in total. The number of carbonyl (C=O) groups excluding carboxylic acids is 1. The minimum absolute atomic E-state index is 0.0653. The van der Waals surface area contributed by atoms with Gasteiger partial charge in [0.25, 0.3) is 0 Å². The first-order chi connectivity index (χ1) is 12.3. The molecule has 0 aromatic heterocycles. The van der Waals surface area contributed by atoms with Crippen molar-refractivity contribution in [3.63, 3.8) is 0 Å². The molecule has 1 N–H and O–H groups in total. The molecule has 0 heterocycles. The van der Waals surface area contributed by atoms with E-state index in [0.717, 1.165) is 4.90 Å². The number of likely N-dealkylation sites (N-methyl/N-ethyl adjacent to an activating group) is 1. The van der Waals surface area contributed by atoms with Gasteiger partial charge in [-0.25, -0.2) is 4.79 Å². The lowest BCUT2D eigenvalue weighted by Gasteiger charge is -2.32. The Morgan fingerprint density at radius 3 is 2.04 bits per heavy atom. The topological polar surface area (TPSA) is 49.8 Å². The lowest BCUT2D eigenvalue weighted by Crippen LogP contribution is -2.52. The largest absolute Gasteiger partial charge is 0.445 e. The van der Waals surface area contributed by atoms with Gasteiger partial charge in [0, 0.05) is 7.05 Å². The van der Waals surface area contributed by atoms with Crippen molar-refractivity contribution < 1.29 is 27.8 Å². The summed E-state index contributed by atoms with van der Waals surface area (Å²) in [4.78, 5) is 13.0. The predicted molar refractivity (Wildman–Crippen MR) is 90.4 cm³/mol. The minimum atomic E-state index is -4.85. The smallest absolute Gasteiger partial charge is 0.416 e. The summed E-state index contributed by atoms with van der Waals surface area (Å²) >= 11 is 0. The molecule has 2 aromatic rings. The molecule has 0 radical (unpaired) electrons. The van der Waals surface area contributed by atoms with Gasteiger partial charge >= 0.3 is 12.3 Å². The van der Waals surface area contributed by atoms with Crippen molar-refractivity contribution in [1.29, 1.82) is 0 Å². The number of benzene rings is 2. The molecular weight excluding hydrogens is 347 g/mol. The fourth-order valence-corrected chi connectivity index (χ4v) is 2.49. The van der Waals surface area contributed by atoms with E-state index >= 15 is 0 Å². The van der Waals surface area contributed by atoms with E-state index in [1.165, 1.54) is 7.05 Å². The number of hydrogen-bond donors (Lipinski definition) is 1. The van der Waals surface area contributed by atoms with Crippen molar-refractivity contribution in [3.05, 3.63) is 71.8 Å². The first-order valence-electron chi connectivity index (χ1n) is 8.01. The zero-order chi connectivity index (χ0) is 19.2. The van der Waals surface area contributed by atoms with Gasteiger partial charge in [0.2, 0.25) is 0 Å². The molecule has 1 amide bonds. The predicted octanol–water partition coefficient (Wildman–Crippen LogP) is 3.79. The third-order valence-corrected chi connectivity index (χ3v) is 3.98. The maximum Gasteiger partial charge on any atom is 0.416 e. The summed E-state index contributed by atoms with van der Waals surface area (Å²) in [6.07, 6.45) is -8.62. The Kier molecular flexibility index (Phi) is 6.63. The van der Waals surface area contributed by atoms with E-state index in [1.54, 1.807) is 60.7 Å². The second kappa shape index (κ2) is 8.71. The minimum Gasteiger partial charge on any atom is -0.445 e. The fourth-order valence-electron chi connectivity index (χ4n) is 2.49. The van der Waals surface area contributed by atoms with Crippen LogP contribution in [0.1, 0.15) is 11.1 Å². The number of alkyl halides is 3. The van der Waals surface area contributed by atoms with Gasteiger partial charge in [-0.3, -0.25) is 0 Å². The number of hydrogen-bond acceptors (Lipinski definition) is 3. The average molecular weight is 367 g/mol. The van der Waals surface area contributed by atoms with Gasteiger partial charge in [-0.2, -0.15) is 13.2 Å². The molecule has 0 fully saturated rings. The van der Waals surface area contributed by atoms with Gasteiger partial charge in [-0.15, -0.1) is 0 Å². The number of carbonyl (C=O) groups is 1. The molecule has 2 aromatic carbocycles. The van der Waals surface area contributed by atoms with Crippen LogP contribution in [0.3, 0.4) is 0 Å². The summed E-state index contributed by atoms with van der Waals surface area (Å²) in [5.74, 6) is 0. The van der Waals surface area contributed by atoms with Crippen LogP contribution in [0.5, 0.6) is 0 Å². The Morgan fingerprint density at radius 1 is 1.04 bits per heavy atom. The Bertz CT molecular complexity index is 692. The van der Waals surface area contributed by atoms with Crippen molar-refractivity contribution in [1.82, 2.24) is 4.90 Å². The SMILES string of the molecule is CN(C(=O)OCc1ccccc1)C(Cc1ccccc1)C(O)C(F)(F)F. The van der Waals surface area contributed by atoms with Crippen LogP contribution in [0.25, 0.3) is 0 Å². The molecule has 0 spiro atoms. The quantitative estimate of drug-likeness (QED) is 0.845. The lowest BCUT2D eigenvalue weighted by atomic mass is 10.00. The van der Waals surface area contributed by atoms with Crippen LogP contribution in [-0.2, 0) is 17.8 Å². The Balaban J connectivity index is 2.10. The second-order valence-corrected chi connectivity index (χ2v) is 5.89. The molecule has 0 aliphatic carbocycles. The Morgan fingerprint density at radius 2 is 1.54 bits per heavy atom. The number of halogens is 3. The molecule has 7 heteroatoms. The van der Waals surface area contributed by atoms with Crippen molar-refractivity contribution in [2.45, 2.75) is 31.3 Å². The van der Waals surface area contributed by atoms with Crippen molar-refractivity contribution >= 4 is 6.09 Å². The first kappa shape index (κ1) is 19.8. The van der Waals surface area contributed by atoms with Crippen molar-refractivity contribution in [2.24, 2.45) is 0 Å². The summed E-state index contributed by atoms with van der Waals surface area (Å²) in [5.41, 5.74) is 1.29. The number of aliphatic hydroxyl groups excluding tert-OH is 1. The molecule has 26 heavy (non-hydrogen) atoms. The summed E-state index contributed by atoms with van der Waals surface area (Å²) in [7, 11) is 1.19. The van der Waals surface area contributed by atoms with Gasteiger partial charge in [0.1, 0.15) is 6.61 Å². The third kappa shape index (κ3) is 5.49. The second-order valence-electron chi connectivity index (χ2n) is 5.89. The van der Waals surface area contributed by atoms with Gasteiger partial charge < -0.3 is 14.7 Å². The molecule has 2 rings (SSSR count). The van der Waals surface area contributed by atoms with Crippen molar-refractivity contribution in [2.75, 3.05) is 7.05 Å². The van der Waals surface area contributed by atoms with Crippen LogP contribution < -0.4 is 0 Å². The van der Waals surface area contributed by atoms with Gasteiger partial charge in [0.05, 0.1) is 6.04 Å². The standard InChI is InChI=1S/C19H20F3NO3/c1-23(18(25)26-13-15-10-6-3-7-11-15)16(17(24)19(20,21)22)12-14-8-4-2-5-9-14/h2-11,16-17,24H,12-13H2,1H3. The Labute approximate surface area is 149 Å². The first-order valence-corrected chi connectivity index (χ1v) is 8.01. The molecule has 2 unspecified atom stereocenters. The Hall–Kier alpha value is -2.54. The van der Waals surface area contributed by atoms with Crippen molar-refractivity contribution in [3.8, 4) is 0 Å². The van der Waals surface area contributed by atoms with Crippen LogP contribution in [0.2, 0.25) is 0 Å². The van der Waals surface area contributed by atoms with E-state index in [1.807, 2.05) is 0 Å². The van der Waals surface area contributed by atoms with E-state index in [-0.39, 0.29) is 13.0 Å². The van der Waals surface area contributed by atoms with E-state index in [0.29, 0.717) is 11.1 Å². The summed E-state index contributed by atoms with van der Waals surface area (Å²) in [6, 6.07) is 15.7. The van der Waals surface area contributed by atoms with E-state index in [9.17, 15) is 23.1 Å². The summed E-state index contributed by atoms with van der Waals surface area (Å²) in [6.45, 7) is -0.0653. The zero-order valence-electron chi connectivity index (χ0n) is 14.2. The molecule has 0 saturated heterocycles. The summed E-state index contributed by atoms with van der Waals surface area (Å²) < 4.78 is 44.2.